The Balaban J connectivity index is 2.56. The van der Waals surface area contributed by atoms with E-state index in [1.54, 1.807) is 0 Å². The standard InChI is InChI=1S/C10H19NO3/c1-3-8(10(13)14)11-5-4-9(12)7(2)6-11/h7-9,12H,3-6H2,1-2H3,(H,13,14). The molecule has 1 aliphatic rings. The van der Waals surface area contributed by atoms with E-state index in [1.165, 1.54) is 0 Å². The fourth-order valence-corrected chi connectivity index (χ4v) is 2.04. The summed E-state index contributed by atoms with van der Waals surface area (Å²) in [6, 6.07) is -0.384. The van der Waals surface area contributed by atoms with Crippen molar-refractivity contribution in [1.29, 1.82) is 0 Å². The lowest BCUT2D eigenvalue weighted by Gasteiger charge is -2.37. The molecule has 3 unspecified atom stereocenters. The second-order valence-electron chi connectivity index (χ2n) is 4.09. The number of aliphatic hydroxyl groups excluding tert-OH is 1. The van der Waals surface area contributed by atoms with Crippen molar-refractivity contribution in [2.24, 2.45) is 5.92 Å². The number of likely N-dealkylation sites (tertiary alicyclic amines) is 1. The summed E-state index contributed by atoms with van der Waals surface area (Å²) in [7, 11) is 0. The molecule has 0 aliphatic carbocycles. The molecule has 1 rings (SSSR count). The van der Waals surface area contributed by atoms with Gasteiger partial charge in [-0.05, 0) is 18.8 Å². The maximum absolute atomic E-state index is 10.9. The SMILES string of the molecule is CCC(C(=O)O)N1CCC(O)C(C)C1. The predicted molar refractivity (Wildman–Crippen MR) is 53.1 cm³/mol. The molecule has 0 aromatic carbocycles. The van der Waals surface area contributed by atoms with E-state index in [-0.39, 0.29) is 18.1 Å². The number of carbonyl (C=O) groups is 1. The van der Waals surface area contributed by atoms with E-state index in [0.29, 0.717) is 25.9 Å². The zero-order valence-corrected chi connectivity index (χ0v) is 8.81. The van der Waals surface area contributed by atoms with Crippen LogP contribution in [0.4, 0.5) is 0 Å². The van der Waals surface area contributed by atoms with Gasteiger partial charge in [0, 0.05) is 13.1 Å². The highest BCUT2D eigenvalue weighted by Crippen LogP contribution is 2.19. The van der Waals surface area contributed by atoms with Crippen LogP contribution in [-0.4, -0.2) is 46.3 Å². The number of hydrogen-bond donors (Lipinski definition) is 2. The van der Waals surface area contributed by atoms with Crippen LogP contribution < -0.4 is 0 Å². The van der Waals surface area contributed by atoms with Crippen molar-refractivity contribution in [3.8, 4) is 0 Å². The Labute approximate surface area is 84.5 Å². The topological polar surface area (TPSA) is 60.8 Å². The van der Waals surface area contributed by atoms with Gasteiger partial charge in [0.25, 0.3) is 0 Å². The van der Waals surface area contributed by atoms with Crippen LogP contribution in [0.2, 0.25) is 0 Å². The monoisotopic (exact) mass is 201 g/mol. The summed E-state index contributed by atoms with van der Waals surface area (Å²) in [6.45, 7) is 5.22. The lowest BCUT2D eigenvalue weighted by Crippen LogP contribution is -2.49. The minimum absolute atomic E-state index is 0.178. The second-order valence-corrected chi connectivity index (χ2v) is 4.09. The number of aliphatic hydroxyl groups is 1. The van der Waals surface area contributed by atoms with Crippen LogP contribution >= 0.6 is 0 Å². The largest absolute Gasteiger partial charge is 0.480 e. The zero-order valence-electron chi connectivity index (χ0n) is 8.81. The number of hydrogen-bond acceptors (Lipinski definition) is 3. The van der Waals surface area contributed by atoms with Crippen LogP contribution in [0.1, 0.15) is 26.7 Å². The lowest BCUT2D eigenvalue weighted by molar-refractivity contribution is -0.145. The number of piperidine rings is 1. The smallest absolute Gasteiger partial charge is 0.320 e. The van der Waals surface area contributed by atoms with E-state index >= 15 is 0 Å². The van der Waals surface area contributed by atoms with Crippen LogP contribution in [-0.2, 0) is 4.79 Å². The molecule has 0 radical (unpaired) electrons. The molecule has 3 atom stereocenters. The van der Waals surface area contributed by atoms with E-state index in [4.69, 9.17) is 5.11 Å². The normalized spacial score (nSPS) is 31.4. The molecule has 1 saturated heterocycles. The van der Waals surface area contributed by atoms with Crippen LogP contribution in [0, 0.1) is 5.92 Å². The third-order valence-corrected chi connectivity index (χ3v) is 3.00. The first-order valence-corrected chi connectivity index (χ1v) is 5.21. The van der Waals surface area contributed by atoms with Gasteiger partial charge in [0.1, 0.15) is 6.04 Å². The van der Waals surface area contributed by atoms with E-state index in [1.807, 2.05) is 18.7 Å². The molecule has 1 heterocycles. The molecule has 0 spiro atoms. The van der Waals surface area contributed by atoms with E-state index in [2.05, 4.69) is 0 Å². The van der Waals surface area contributed by atoms with Crippen molar-refractivity contribution < 1.29 is 15.0 Å². The Morgan fingerprint density at radius 1 is 1.64 bits per heavy atom. The summed E-state index contributed by atoms with van der Waals surface area (Å²) in [5.74, 6) is -0.576. The highest BCUT2D eigenvalue weighted by molar-refractivity contribution is 5.73. The molecule has 0 bridgehead atoms. The molecular weight excluding hydrogens is 182 g/mol. The third-order valence-electron chi connectivity index (χ3n) is 3.00. The highest BCUT2D eigenvalue weighted by atomic mass is 16.4. The second kappa shape index (κ2) is 4.75. The fraction of sp³-hybridized carbons (Fsp3) is 0.900. The average molecular weight is 201 g/mol. The van der Waals surface area contributed by atoms with Gasteiger partial charge in [0.05, 0.1) is 6.10 Å². The molecular formula is C10H19NO3. The number of aliphatic carboxylic acids is 1. The Kier molecular flexibility index (Phi) is 3.89. The Hall–Kier alpha value is -0.610. The molecule has 0 aromatic heterocycles. The molecule has 1 fully saturated rings. The van der Waals surface area contributed by atoms with Gasteiger partial charge in [0.2, 0.25) is 0 Å². The summed E-state index contributed by atoms with van der Waals surface area (Å²) in [5.41, 5.74) is 0. The molecule has 82 valence electrons. The Bertz CT molecular complexity index is 208. The minimum atomic E-state index is -0.754. The van der Waals surface area contributed by atoms with Gasteiger partial charge in [-0.15, -0.1) is 0 Å². The summed E-state index contributed by atoms with van der Waals surface area (Å²) >= 11 is 0. The third kappa shape index (κ3) is 2.45. The van der Waals surface area contributed by atoms with Gasteiger partial charge < -0.3 is 10.2 Å². The lowest BCUT2D eigenvalue weighted by atomic mass is 9.95. The number of nitrogens with zero attached hydrogens (tertiary/aromatic N) is 1. The van der Waals surface area contributed by atoms with E-state index in [9.17, 15) is 9.90 Å². The maximum atomic E-state index is 10.9. The average Bonchev–Trinajstić information content (AvgIpc) is 2.11. The van der Waals surface area contributed by atoms with Gasteiger partial charge in [-0.3, -0.25) is 9.69 Å². The van der Waals surface area contributed by atoms with Crippen molar-refractivity contribution in [3.63, 3.8) is 0 Å². The predicted octanol–water partition coefficient (Wildman–Crippen LogP) is 0.552. The van der Waals surface area contributed by atoms with Crippen LogP contribution in [0.3, 0.4) is 0 Å². The minimum Gasteiger partial charge on any atom is -0.480 e. The summed E-state index contributed by atoms with van der Waals surface area (Å²) in [5, 5.41) is 18.5. The van der Waals surface area contributed by atoms with E-state index < -0.39 is 5.97 Å². The Morgan fingerprint density at radius 3 is 2.71 bits per heavy atom. The number of carboxylic acids is 1. The number of carboxylic acid groups (broad SMARTS) is 1. The van der Waals surface area contributed by atoms with Crippen molar-refractivity contribution in [2.45, 2.75) is 38.8 Å². The summed E-state index contributed by atoms with van der Waals surface area (Å²) in [4.78, 5) is 12.9. The highest BCUT2D eigenvalue weighted by Gasteiger charge is 2.31. The fourth-order valence-electron chi connectivity index (χ4n) is 2.04. The van der Waals surface area contributed by atoms with Gasteiger partial charge in [-0.25, -0.2) is 0 Å². The quantitative estimate of drug-likeness (QED) is 0.700. The summed E-state index contributed by atoms with van der Waals surface area (Å²) < 4.78 is 0. The van der Waals surface area contributed by atoms with Crippen LogP contribution in [0.25, 0.3) is 0 Å². The molecule has 2 N–H and O–H groups in total. The zero-order chi connectivity index (χ0) is 10.7. The molecule has 4 nitrogen and oxygen atoms in total. The van der Waals surface area contributed by atoms with Crippen molar-refractivity contribution in [2.75, 3.05) is 13.1 Å². The maximum Gasteiger partial charge on any atom is 0.320 e. The molecule has 0 amide bonds. The van der Waals surface area contributed by atoms with Gasteiger partial charge in [0.15, 0.2) is 0 Å². The number of rotatable bonds is 3. The first kappa shape index (κ1) is 11.5. The first-order valence-electron chi connectivity index (χ1n) is 5.21. The van der Waals surface area contributed by atoms with Crippen LogP contribution in [0.5, 0.6) is 0 Å². The van der Waals surface area contributed by atoms with Crippen LogP contribution in [0.15, 0.2) is 0 Å². The summed E-state index contributed by atoms with van der Waals surface area (Å²) in [6.07, 6.45) is 1.04. The first-order chi connectivity index (χ1) is 6.56. The van der Waals surface area contributed by atoms with Crippen molar-refractivity contribution in [3.05, 3.63) is 0 Å². The molecule has 1 aliphatic heterocycles. The molecule has 0 aromatic rings. The van der Waals surface area contributed by atoms with Gasteiger partial charge in [-0.1, -0.05) is 13.8 Å². The van der Waals surface area contributed by atoms with Gasteiger partial charge >= 0.3 is 5.97 Å². The molecule has 0 saturated carbocycles. The van der Waals surface area contributed by atoms with E-state index in [0.717, 1.165) is 0 Å². The Morgan fingerprint density at radius 2 is 2.29 bits per heavy atom. The van der Waals surface area contributed by atoms with Gasteiger partial charge in [-0.2, -0.15) is 0 Å². The molecule has 14 heavy (non-hydrogen) atoms. The molecule has 4 heteroatoms. The van der Waals surface area contributed by atoms with Crippen molar-refractivity contribution >= 4 is 5.97 Å². The van der Waals surface area contributed by atoms with Crippen molar-refractivity contribution in [1.82, 2.24) is 4.90 Å².